The summed E-state index contributed by atoms with van der Waals surface area (Å²) < 4.78 is 8.91. The van der Waals surface area contributed by atoms with Crippen molar-refractivity contribution in [2.75, 3.05) is 0 Å². The van der Waals surface area contributed by atoms with E-state index in [0.29, 0.717) is 11.4 Å². The molecule has 0 spiro atoms. The van der Waals surface area contributed by atoms with Gasteiger partial charge in [-0.2, -0.15) is 0 Å². The van der Waals surface area contributed by atoms with Crippen LogP contribution in [0.3, 0.4) is 0 Å². The van der Waals surface area contributed by atoms with Crippen molar-refractivity contribution in [1.29, 1.82) is 0 Å². The zero-order valence-electron chi connectivity index (χ0n) is 7.07. The molecule has 14 heavy (non-hydrogen) atoms. The molecule has 2 rings (SSSR count). The third kappa shape index (κ3) is 2.03. The Kier molecular flexibility index (Phi) is 2.37. The smallest absolute Gasteiger partial charge is 0.375 e. The summed E-state index contributed by atoms with van der Waals surface area (Å²) in [5, 5.41) is 4.08. The van der Waals surface area contributed by atoms with E-state index in [0.717, 1.165) is 5.56 Å². The molecule has 2 aromatic rings. The van der Waals surface area contributed by atoms with Crippen molar-refractivity contribution in [2.45, 2.75) is 6.42 Å². The van der Waals surface area contributed by atoms with Crippen LogP contribution in [0.15, 0.2) is 38.0 Å². The number of halogens is 1. The standard InChI is InChI=1S/C9H6ClNO3/c10-7-3-1-2-6(4-7)5-8-11-14-9(12)13-8/h1-4H,5H2. The Morgan fingerprint density at radius 2 is 2.29 bits per heavy atom. The number of benzene rings is 1. The fraction of sp³-hybridized carbons (Fsp3) is 0.111. The molecular weight excluding hydrogens is 206 g/mol. The largest absolute Gasteiger partial charge is 0.542 e. The SMILES string of the molecule is O=c1onc(Cc2cccc(Cl)c2)o1. The Labute approximate surface area is 84.1 Å². The van der Waals surface area contributed by atoms with Gasteiger partial charge in [-0.25, -0.2) is 4.79 Å². The molecule has 1 heterocycles. The number of hydrogen-bond acceptors (Lipinski definition) is 4. The third-order valence-electron chi connectivity index (χ3n) is 1.67. The summed E-state index contributed by atoms with van der Waals surface area (Å²) in [5.41, 5.74) is 0.912. The van der Waals surface area contributed by atoms with Gasteiger partial charge in [0.2, 0.25) is 5.89 Å². The topological polar surface area (TPSA) is 56.2 Å². The van der Waals surface area contributed by atoms with Gasteiger partial charge in [-0.15, -0.1) is 0 Å². The van der Waals surface area contributed by atoms with E-state index < -0.39 is 5.82 Å². The zero-order valence-corrected chi connectivity index (χ0v) is 7.82. The number of nitrogens with zero attached hydrogens (tertiary/aromatic N) is 1. The van der Waals surface area contributed by atoms with E-state index in [9.17, 15) is 4.79 Å². The molecule has 0 N–H and O–H groups in total. The van der Waals surface area contributed by atoms with Crippen molar-refractivity contribution < 1.29 is 8.94 Å². The minimum Gasteiger partial charge on any atom is -0.375 e. The van der Waals surface area contributed by atoms with Gasteiger partial charge in [0.15, 0.2) is 0 Å². The molecule has 0 bridgehead atoms. The quantitative estimate of drug-likeness (QED) is 0.761. The van der Waals surface area contributed by atoms with Crippen LogP contribution in [0.25, 0.3) is 0 Å². The Morgan fingerprint density at radius 1 is 1.43 bits per heavy atom. The van der Waals surface area contributed by atoms with Crippen LogP contribution in [0.1, 0.15) is 11.5 Å². The molecule has 0 aliphatic rings. The lowest BCUT2D eigenvalue weighted by molar-refractivity contribution is 0.334. The molecule has 1 aromatic heterocycles. The van der Waals surface area contributed by atoms with Gasteiger partial charge in [-0.1, -0.05) is 23.7 Å². The fourth-order valence-corrected chi connectivity index (χ4v) is 1.32. The van der Waals surface area contributed by atoms with Crippen LogP contribution in [-0.4, -0.2) is 5.16 Å². The summed E-state index contributed by atoms with van der Waals surface area (Å²) >= 11 is 5.78. The molecule has 0 aliphatic carbocycles. The fourth-order valence-electron chi connectivity index (χ4n) is 1.11. The Hall–Kier alpha value is -1.55. The first kappa shape index (κ1) is 9.02. The summed E-state index contributed by atoms with van der Waals surface area (Å²) in [6.07, 6.45) is 0.395. The molecule has 0 radical (unpaired) electrons. The average molecular weight is 212 g/mol. The van der Waals surface area contributed by atoms with Crippen LogP contribution >= 0.6 is 11.6 Å². The highest BCUT2D eigenvalue weighted by Crippen LogP contribution is 2.12. The summed E-state index contributed by atoms with van der Waals surface area (Å²) in [6, 6.07) is 7.22. The van der Waals surface area contributed by atoms with E-state index in [2.05, 4.69) is 14.1 Å². The van der Waals surface area contributed by atoms with Crippen molar-refractivity contribution >= 4 is 11.6 Å². The van der Waals surface area contributed by atoms with Gasteiger partial charge in [-0.05, 0) is 22.9 Å². The van der Waals surface area contributed by atoms with Gasteiger partial charge < -0.3 is 4.42 Å². The molecule has 0 saturated carbocycles. The van der Waals surface area contributed by atoms with Crippen molar-refractivity contribution in [1.82, 2.24) is 5.16 Å². The minimum atomic E-state index is -0.790. The third-order valence-corrected chi connectivity index (χ3v) is 1.90. The van der Waals surface area contributed by atoms with Gasteiger partial charge in [0.1, 0.15) is 0 Å². The highest BCUT2D eigenvalue weighted by atomic mass is 35.5. The molecule has 0 saturated heterocycles. The van der Waals surface area contributed by atoms with Crippen molar-refractivity contribution in [2.24, 2.45) is 0 Å². The lowest BCUT2D eigenvalue weighted by atomic mass is 10.1. The maximum Gasteiger partial charge on any atom is 0.542 e. The van der Waals surface area contributed by atoms with Crippen LogP contribution in [0, 0.1) is 0 Å². The van der Waals surface area contributed by atoms with E-state index in [4.69, 9.17) is 11.6 Å². The number of aromatic nitrogens is 1. The van der Waals surface area contributed by atoms with Crippen LogP contribution in [0.2, 0.25) is 5.02 Å². The predicted octanol–water partition coefficient (Wildman–Crippen LogP) is 1.87. The van der Waals surface area contributed by atoms with E-state index >= 15 is 0 Å². The van der Waals surface area contributed by atoms with E-state index in [1.165, 1.54) is 0 Å². The van der Waals surface area contributed by atoms with Crippen LogP contribution in [0.4, 0.5) is 0 Å². The first-order valence-electron chi connectivity index (χ1n) is 3.94. The monoisotopic (exact) mass is 211 g/mol. The molecular formula is C9H6ClNO3. The summed E-state index contributed by atoms with van der Waals surface area (Å²) in [4.78, 5) is 10.5. The molecule has 0 aliphatic heterocycles. The normalized spacial score (nSPS) is 10.4. The first-order valence-corrected chi connectivity index (χ1v) is 4.32. The van der Waals surface area contributed by atoms with Crippen LogP contribution in [0.5, 0.6) is 0 Å². The molecule has 0 amide bonds. The van der Waals surface area contributed by atoms with E-state index in [1.54, 1.807) is 12.1 Å². The van der Waals surface area contributed by atoms with E-state index in [1.807, 2.05) is 12.1 Å². The van der Waals surface area contributed by atoms with Gasteiger partial charge in [0.05, 0.1) is 6.42 Å². The van der Waals surface area contributed by atoms with Crippen molar-refractivity contribution in [3.63, 3.8) is 0 Å². The Bertz CT molecular complexity index is 489. The van der Waals surface area contributed by atoms with Gasteiger partial charge in [0, 0.05) is 5.02 Å². The predicted molar refractivity (Wildman–Crippen MR) is 49.3 cm³/mol. The highest BCUT2D eigenvalue weighted by molar-refractivity contribution is 6.30. The van der Waals surface area contributed by atoms with Crippen molar-refractivity contribution in [3.8, 4) is 0 Å². The zero-order chi connectivity index (χ0) is 9.97. The lowest BCUT2D eigenvalue weighted by Gasteiger charge is -1.95. The lowest BCUT2D eigenvalue weighted by Crippen LogP contribution is -1.89. The molecule has 72 valence electrons. The average Bonchev–Trinajstić information content (AvgIpc) is 2.51. The molecule has 5 heteroatoms. The first-order chi connectivity index (χ1) is 6.74. The number of rotatable bonds is 2. The number of hydrogen-bond donors (Lipinski definition) is 0. The molecule has 0 fully saturated rings. The molecule has 0 unspecified atom stereocenters. The molecule has 4 nitrogen and oxygen atoms in total. The summed E-state index contributed by atoms with van der Waals surface area (Å²) in [5.74, 6) is -0.542. The second-order valence-electron chi connectivity index (χ2n) is 2.74. The summed E-state index contributed by atoms with van der Waals surface area (Å²) in [7, 11) is 0. The maximum atomic E-state index is 10.5. The van der Waals surface area contributed by atoms with E-state index in [-0.39, 0.29) is 5.89 Å². The highest BCUT2D eigenvalue weighted by Gasteiger charge is 2.04. The Balaban J connectivity index is 2.22. The second-order valence-corrected chi connectivity index (χ2v) is 3.17. The van der Waals surface area contributed by atoms with Gasteiger partial charge >= 0.3 is 5.82 Å². The second kappa shape index (κ2) is 3.67. The summed E-state index contributed by atoms with van der Waals surface area (Å²) in [6.45, 7) is 0. The maximum absolute atomic E-state index is 10.5. The van der Waals surface area contributed by atoms with Crippen LogP contribution < -0.4 is 5.82 Å². The van der Waals surface area contributed by atoms with Crippen molar-refractivity contribution in [3.05, 3.63) is 51.4 Å². The van der Waals surface area contributed by atoms with Gasteiger partial charge in [-0.3, -0.25) is 4.52 Å². The Morgan fingerprint density at radius 3 is 2.93 bits per heavy atom. The molecule has 1 aromatic carbocycles. The minimum absolute atomic E-state index is 0.247. The van der Waals surface area contributed by atoms with Gasteiger partial charge in [0.25, 0.3) is 0 Å². The molecule has 0 atom stereocenters. The van der Waals surface area contributed by atoms with Crippen LogP contribution in [-0.2, 0) is 6.42 Å².